The minimum atomic E-state index is 0.210. The predicted octanol–water partition coefficient (Wildman–Crippen LogP) is 1.66. The lowest BCUT2D eigenvalue weighted by Crippen LogP contribution is -2.41. The van der Waals surface area contributed by atoms with Crippen molar-refractivity contribution in [1.29, 1.82) is 0 Å². The molecule has 1 saturated heterocycles. The molecule has 3 fully saturated rings. The largest absolute Gasteiger partial charge is 0.367 e. The first-order chi connectivity index (χ1) is 8.40. The first kappa shape index (κ1) is 10.1. The summed E-state index contributed by atoms with van der Waals surface area (Å²) < 4.78 is 8.30. The number of nitrogens with zero attached hydrogens (tertiary/aromatic N) is 2. The normalized spacial score (nSPS) is 33.9. The van der Waals surface area contributed by atoms with Gasteiger partial charge in [0.1, 0.15) is 0 Å². The molecule has 2 aliphatic carbocycles. The lowest BCUT2D eigenvalue weighted by molar-refractivity contribution is -0.0493. The third-order valence-corrected chi connectivity index (χ3v) is 4.08. The SMILES string of the molecule is c1nn(C2CC2)cc1C1CNC[C@H](C2CC2)O1. The zero-order valence-electron chi connectivity index (χ0n) is 10.0. The third-order valence-electron chi connectivity index (χ3n) is 4.08. The monoisotopic (exact) mass is 233 g/mol. The molecule has 2 heterocycles. The van der Waals surface area contributed by atoms with Crippen LogP contribution in [-0.4, -0.2) is 29.0 Å². The molecule has 92 valence electrons. The Morgan fingerprint density at radius 2 is 2.12 bits per heavy atom. The van der Waals surface area contributed by atoms with E-state index in [4.69, 9.17) is 4.74 Å². The van der Waals surface area contributed by atoms with Crippen molar-refractivity contribution in [1.82, 2.24) is 15.1 Å². The van der Waals surface area contributed by atoms with Crippen LogP contribution in [0, 0.1) is 5.92 Å². The van der Waals surface area contributed by atoms with Gasteiger partial charge in [-0.15, -0.1) is 0 Å². The molecule has 0 spiro atoms. The molecule has 0 aromatic carbocycles. The topological polar surface area (TPSA) is 39.1 Å². The van der Waals surface area contributed by atoms with Crippen LogP contribution in [0.1, 0.15) is 43.4 Å². The van der Waals surface area contributed by atoms with Crippen molar-refractivity contribution in [3.8, 4) is 0 Å². The van der Waals surface area contributed by atoms with Gasteiger partial charge >= 0.3 is 0 Å². The summed E-state index contributed by atoms with van der Waals surface area (Å²) in [6, 6.07) is 0.666. The lowest BCUT2D eigenvalue weighted by Gasteiger charge is -2.30. The molecule has 1 aromatic rings. The highest BCUT2D eigenvalue weighted by Crippen LogP contribution is 2.38. The predicted molar refractivity (Wildman–Crippen MR) is 63.7 cm³/mol. The zero-order chi connectivity index (χ0) is 11.2. The number of ether oxygens (including phenoxy) is 1. The van der Waals surface area contributed by atoms with Gasteiger partial charge in [0.15, 0.2) is 0 Å². The van der Waals surface area contributed by atoms with E-state index >= 15 is 0 Å². The molecular formula is C13H19N3O. The van der Waals surface area contributed by atoms with E-state index in [0.717, 1.165) is 19.0 Å². The Bertz CT molecular complexity index is 409. The van der Waals surface area contributed by atoms with Gasteiger partial charge in [-0.1, -0.05) is 0 Å². The first-order valence-electron chi connectivity index (χ1n) is 6.80. The van der Waals surface area contributed by atoms with Crippen LogP contribution in [0.15, 0.2) is 12.4 Å². The summed E-state index contributed by atoms with van der Waals surface area (Å²) in [7, 11) is 0. The van der Waals surface area contributed by atoms with E-state index in [1.165, 1.54) is 31.2 Å². The average Bonchev–Trinajstić information content (AvgIpc) is 3.28. The van der Waals surface area contributed by atoms with Crippen LogP contribution in [0.2, 0.25) is 0 Å². The summed E-state index contributed by atoms with van der Waals surface area (Å²) in [4.78, 5) is 0. The summed E-state index contributed by atoms with van der Waals surface area (Å²) in [6.45, 7) is 1.96. The zero-order valence-corrected chi connectivity index (χ0v) is 10.0. The van der Waals surface area contributed by atoms with Crippen LogP contribution in [0.25, 0.3) is 0 Å². The van der Waals surface area contributed by atoms with Crippen LogP contribution in [0.3, 0.4) is 0 Å². The summed E-state index contributed by atoms with van der Waals surface area (Å²) in [5.74, 6) is 0.809. The molecule has 4 rings (SSSR count). The summed E-state index contributed by atoms with van der Waals surface area (Å²) >= 11 is 0. The molecule has 0 amide bonds. The Morgan fingerprint density at radius 1 is 1.24 bits per heavy atom. The Kier molecular flexibility index (Phi) is 2.27. The molecule has 3 aliphatic rings. The first-order valence-corrected chi connectivity index (χ1v) is 6.80. The van der Waals surface area contributed by atoms with Gasteiger partial charge in [-0.05, 0) is 31.6 Å². The van der Waals surface area contributed by atoms with Gasteiger partial charge in [0, 0.05) is 24.8 Å². The van der Waals surface area contributed by atoms with E-state index in [0.29, 0.717) is 12.1 Å². The third kappa shape index (κ3) is 2.00. The standard InChI is InChI=1S/C13H19N3O/c1-2-9(1)12-6-14-7-13(17-12)10-5-15-16(8-10)11-3-4-11/h5,8-9,11-14H,1-4,6-7H2/t12-,13?/m1/s1. The maximum atomic E-state index is 6.19. The molecular weight excluding hydrogens is 214 g/mol. The highest BCUT2D eigenvalue weighted by molar-refractivity contribution is 5.11. The second-order valence-corrected chi connectivity index (χ2v) is 5.64. The fourth-order valence-electron chi connectivity index (χ4n) is 2.66. The highest BCUT2D eigenvalue weighted by Gasteiger charge is 2.36. The maximum Gasteiger partial charge on any atom is 0.0984 e. The number of nitrogens with one attached hydrogen (secondary N) is 1. The van der Waals surface area contributed by atoms with Gasteiger partial charge in [-0.25, -0.2) is 0 Å². The van der Waals surface area contributed by atoms with E-state index in [-0.39, 0.29) is 6.10 Å². The lowest BCUT2D eigenvalue weighted by atomic mass is 10.1. The molecule has 0 radical (unpaired) electrons. The van der Waals surface area contributed by atoms with E-state index in [1.54, 1.807) is 0 Å². The quantitative estimate of drug-likeness (QED) is 0.863. The van der Waals surface area contributed by atoms with Crippen LogP contribution >= 0.6 is 0 Å². The Labute approximate surface area is 101 Å². The molecule has 1 aromatic heterocycles. The van der Waals surface area contributed by atoms with Gasteiger partial charge in [0.05, 0.1) is 24.4 Å². The van der Waals surface area contributed by atoms with Crippen molar-refractivity contribution in [3.63, 3.8) is 0 Å². The molecule has 1 N–H and O–H groups in total. The van der Waals surface area contributed by atoms with Gasteiger partial charge < -0.3 is 10.1 Å². The number of aromatic nitrogens is 2. The fourth-order valence-corrected chi connectivity index (χ4v) is 2.66. The van der Waals surface area contributed by atoms with Crippen LogP contribution in [0.5, 0.6) is 0 Å². The number of hydrogen-bond donors (Lipinski definition) is 1. The van der Waals surface area contributed by atoms with Crippen LogP contribution in [0.4, 0.5) is 0 Å². The Balaban J connectivity index is 1.48. The molecule has 17 heavy (non-hydrogen) atoms. The van der Waals surface area contributed by atoms with Crippen molar-refractivity contribution in [2.24, 2.45) is 5.92 Å². The van der Waals surface area contributed by atoms with Gasteiger partial charge in [0.2, 0.25) is 0 Å². The van der Waals surface area contributed by atoms with Crippen LogP contribution < -0.4 is 5.32 Å². The summed E-state index contributed by atoms with van der Waals surface area (Å²) in [6.07, 6.45) is 10.1. The minimum absolute atomic E-state index is 0.210. The van der Waals surface area contributed by atoms with E-state index in [1.807, 2.05) is 6.20 Å². The smallest absolute Gasteiger partial charge is 0.0984 e. The molecule has 4 nitrogen and oxygen atoms in total. The van der Waals surface area contributed by atoms with Crippen molar-refractivity contribution < 1.29 is 4.74 Å². The second kappa shape index (κ2) is 3.82. The second-order valence-electron chi connectivity index (χ2n) is 5.64. The maximum absolute atomic E-state index is 6.19. The average molecular weight is 233 g/mol. The van der Waals surface area contributed by atoms with E-state index in [9.17, 15) is 0 Å². The summed E-state index contributed by atoms with van der Waals surface area (Å²) in [5.41, 5.74) is 1.25. The van der Waals surface area contributed by atoms with E-state index < -0.39 is 0 Å². The highest BCUT2D eigenvalue weighted by atomic mass is 16.5. The molecule has 2 saturated carbocycles. The Morgan fingerprint density at radius 3 is 2.88 bits per heavy atom. The molecule has 1 unspecified atom stereocenters. The molecule has 1 aliphatic heterocycles. The minimum Gasteiger partial charge on any atom is -0.367 e. The van der Waals surface area contributed by atoms with Crippen LogP contribution in [-0.2, 0) is 4.74 Å². The molecule has 0 bridgehead atoms. The van der Waals surface area contributed by atoms with Gasteiger partial charge in [-0.2, -0.15) is 5.10 Å². The Hall–Kier alpha value is -0.870. The molecule has 2 atom stereocenters. The number of morpholine rings is 1. The van der Waals surface area contributed by atoms with Crippen molar-refractivity contribution in [2.45, 2.75) is 43.9 Å². The van der Waals surface area contributed by atoms with Gasteiger partial charge in [0.25, 0.3) is 0 Å². The number of rotatable bonds is 3. The van der Waals surface area contributed by atoms with Gasteiger partial charge in [-0.3, -0.25) is 4.68 Å². The number of hydrogen-bond acceptors (Lipinski definition) is 3. The molecule has 4 heteroatoms. The van der Waals surface area contributed by atoms with E-state index in [2.05, 4.69) is 21.3 Å². The van der Waals surface area contributed by atoms with Crippen molar-refractivity contribution in [3.05, 3.63) is 18.0 Å². The summed E-state index contributed by atoms with van der Waals surface area (Å²) in [5, 5.41) is 7.94. The fraction of sp³-hybridized carbons (Fsp3) is 0.769. The van der Waals surface area contributed by atoms with Crippen molar-refractivity contribution >= 4 is 0 Å². The van der Waals surface area contributed by atoms with Crippen molar-refractivity contribution in [2.75, 3.05) is 13.1 Å².